The van der Waals surface area contributed by atoms with Gasteiger partial charge in [-0.25, -0.2) is 0 Å². The molecule has 102 valence electrons. The first-order chi connectivity index (χ1) is 8.98. The van der Waals surface area contributed by atoms with Gasteiger partial charge in [0.1, 0.15) is 18.9 Å². The average Bonchev–Trinajstić information content (AvgIpc) is 2.77. The molecule has 19 heavy (non-hydrogen) atoms. The lowest BCUT2D eigenvalue weighted by Gasteiger charge is -2.31. The molecule has 0 spiro atoms. The number of hydrogen-bond acceptors (Lipinski definition) is 4. The Bertz CT molecular complexity index is 523. The standard InChI is InChI=1S/C12H16N4O3/c1-12(5-3-2-4-6-12)14-11(17)9-15-8-10(7-13-15)16(18)19/h2-3,7-8H,4-6,9H2,1H3,(H,14,17)/t12-/m0/s1. The summed E-state index contributed by atoms with van der Waals surface area (Å²) in [7, 11) is 0. The van der Waals surface area contributed by atoms with Gasteiger partial charge < -0.3 is 5.32 Å². The Hall–Kier alpha value is -2.18. The van der Waals surface area contributed by atoms with Gasteiger partial charge in [-0.15, -0.1) is 0 Å². The van der Waals surface area contributed by atoms with Gasteiger partial charge in [0, 0.05) is 5.54 Å². The molecule has 1 atom stereocenters. The summed E-state index contributed by atoms with van der Waals surface area (Å²) < 4.78 is 1.27. The van der Waals surface area contributed by atoms with Gasteiger partial charge in [-0.05, 0) is 26.2 Å². The molecule has 7 heteroatoms. The second kappa shape index (κ2) is 5.21. The maximum absolute atomic E-state index is 11.9. The van der Waals surface area contributed by atoms with E-state index < -0.39 is 4.92 Å². The van der Waals surface area contributed by atoms with E-state index in [0.717, 1.165) is 25.5 Å². The summed E-state index contributed by atoms with van der Waals surface area (Å²) in [5, 5.41) is 17.3. The third-order valence-corrected chi connectivity index (χ3v) is 3.18. The number of nitrogens with one attached hydrogen (secondary N) is 1. The van der Waals surface area contributed by atoms with E-state index in [9.17, 15) is 14.9 Å². The summed E-state index contributed by atoms with van der Waals surface area (Å²) in [6.07, 6.45) is 9.20. The van der Waals surface area contributed by atoms with Crippen LogP contribution in [0.4, 0.5) is 5.69 Å². The lowest BCUT2D eigenvalue weighted by molar-refractivity contribution is -0.385. The second-order valence-corrected chi connectivity index (χ2v) is 4.98. The van der Waals surface area contributed by atoms with Crippen molar-refractivity contribution in [1.82, 2.24) is 15.1 Å². The van der Waals surface area contributed by atoms with Crippen molar-refractivity contribution < 1.29 is 9.72 Å². The predicted octanol–water partition coefficient (Wildman–Crippen LogP) is 1.41. The molecule has 0 radical (unpaired) electrons. The molecule has 7 nitrogen and oxygen atoms in total. The van der Waals surface area contributed by atoms with Crippen LogP contribution < -0.4 is 5.32 Å². The van der Waals surface area contributed by atoms with Gasteiger partial charge in [0.25, 0.3) is 0 Å². The summed E-state index contributed by atoms with van der Waals surface area (Å²) in [4.78, 5) is 21.9. The van der Waals surface area contributed by atoms with Crippen LogP contribution in [0.3, 0.4) is 0 Å². The average molecular weight is 264 g/mol. The number of carbonyl (C=O) groups is 1. The predicted molar refractivity (Wildman–Crippen MR) is 68.4 cm³/mol. The van der Waals surface area contributed by atoms with E-state index in [2.05, 4.69) is 22.6 Å². The minimum absolute atomic E-state index is 0.00680. The normalized spacial score (nSPS) is 22.2. The van der Waals surface area contributed by atoms with E-state index in [1.165, 1.54) is 10.9 Å². The van der Waals surface area contributed by atoms with Crippen molar-refractivity contribution >= 4 is 11.6 Å². The molecule has 0 aliphatic heterocycles. The number of carbonyl (C=O) groups excluding carboxylic acids is 1. The zero-order valence-electron chi connectivity index (χ0n) is 10.7. The van der Waals surface area contributed by atoms with Crippen molar-refractivity contribution in [2.75, 3.05) is 0 Å². The second-order valence-electron chi connectivity index (χ2n) is 4.98. The van der Waals surface area contributed by atoms with E-state index in [1.807, 2.05) is 6.92 Å². The van der Waals surface area contributed by atoms with E-state index >= 15 is 0 Å². The summed E-state index contributed by atoms with van der Waals surface area (Å²) in [5.74, 6) is -0.184. The number of hydrogen-bond donors (Lipinski definition) is 1. The van der Waals surface area contributed by atoms with Crippen molar-refractivity contribution in [3.63, 3.8) is 0 Å². The topological polar surface area (TPSA) is 90.1 Å². The maximum Gasteiger partial charge on any atom is 0.307 e. The lowest BCUT2D eigenvalue weighted by atomic mass is 9.87. The van der Waals surface area contributed by atoms with Gasteiger partial charge in [-0.2, -0.15) is 5.10 Å². The molecule has 0 aromatic carbocycles. The third kappa shape index (κ3) is 3.40. The molecule has 1 aliphatic rings. The molecule has 1 aromatic heterocycles. The minimum atomic E-state index is -0.533. The molecule has 2 rings (SSSR count). The van der Waals surface area contributed by atoms with Crippen LogP contribution in [-0.2, 0) is 11.3 Å². The number of rotatable bonds is 4. The Labute approximate surface area is 110 Å². The Kier molecular flexibility index (Phi) is 3.64. The molecule has 0 unspecified atom stereocenters. The molecule has 0 saturated heterocycles. The summed E-state index contributed by atoms with van der Waals surface area (Å²) >= 11 is 0. The molecule has 0 fully saturated rings. The first-order valence-corrected chi connectivity index (χ1v) is 6.11. The third-order valence-electron chi connectivity index (χ3n) is 3.18. The van der Waals surface area contributed by atoms with Crippen LogP contribution in [0, 0.1) is 10.1 Å². The summed E-state index contributed by atoms with van der Waals surface area (Å²) in [6, 6.07) is 0. The van der Waals surface area contributed by atoms with E-state index in [-0.39, 0.29) is 23.7 Å². The van der Waals surface area contributed by atoms with Gasteiger partial charge in [0.05, 0.1) is 4.92 Å². The molecule has 1 aromatic rings. The zero-order valence-corrected chi connectivity index (χ0v) is 10.7. The molecule has 1 N–H and O–H groups in total. The van der Waals surface area contributed by atoms with Crippen LogP contribution in [0.2, 0.25) is 0 Å². The number of allylic oxidation sites excluding steroid dienone is 1. The van der Waals surface area contributed by atoms with Crippen molar-refractivity contribution in [2.24, 2.45) is 0 Å². The first kappa shape index (κ1) is 13.3. The number of aromatic nitrogens is 2. The van der Waals surface area contributed by atoms with Crippen LogP contribution in [-0.4, -0.2) is 26.1 Å². The van der Waals surface area contributed by atoms with Crippen LogP contribution >= 0.6 is 0 Å². The fourth-order valence-electron chi connectivity index (χ4n) is 2.14. The number of amides is 1. The van der Waals surface area contributed by atoms with Crippen molar-refractivity contribution in [2.45, 2.75) is 38.3 Å². The first-order valence-electron chi connectivity index (χ1n) is 6.11. The fraction of sp³-hybridized carbons (Fsp3) is 0.500. The molecule has 0 saturated carbocycles. The highest BCUT2D eigenvalue weighted by atomic mass is 16.6. The van der Waals surface area contributed by atoms with Crippen molar-refractivity contribution in [1.29, 1.82) is 0 Å². The van der Waals surface area contributed by atoms with E-state index in [0.29, 0.717) is 0 Å². The summed E-state index contributed by atoms with van der Waals surface area (Å²) in [5.41, 5.74) is -0.343. The number of nitro groups is 1. The quantitative estimate of drug-likeness (QED) is 0.505. The van der Waals surface area contributed by atoms with E-state index in [1.54, 1.807) is 0 Å². The van der Waals surface area contributed by atoms with Crippen LogP contribution in [0.1, 0.15) is 26.2 Å². The van der Waals surface area contributed by atoms with Gasteiger partial charge in [0.2, 0.25) is 5.91 Å². The van der Waals surface area contributed by atoms with Crippen molar-refractivity contribution in [3.8, 4) is 0 Å². The minimum Gasteiger partial charge on any atom is -0.349 e. The maximum atomic E-state index is 11.9. The smallest absolute Gasteiger partial charge is 0.307 e. The molecule has 1 heterocycles. The lowest BCUT2D eigenvalue weighted by Crippen LogP contribution is -2.47. The van der Waals surface area contributed by atoms with E-state index in [4.69, 9.17) is 0 Å². The fourth-order valence-corrected chi connectivity index (χ4v) is 2.14. The molecule has 1 aliphatic carbocycles. The highest BCUT2D eigenvalue weighted by molar-refractivity contribution is 5.76. The number of nitrogens with zero attached hydrogens (tertiary/aromatic N) is 3. The summed E-state index contributed by atoms with van der Waals surface area (Å²) in [6.45, 7) is 1.99. The molecular formula is C12H16N4O3. The zero-order chi connectivity index (χ0) is 13.9. The largest absolute Gasteiger partial charge is 0.349 e. The van der Waals surface area contributed by atoms with Gasteiger partial charge in [-0.1, -0.05) is 12.2 Å². The van der Waals surface area contributed by atoms with Gasteiger partial charge >= 0.3 is 5.69 Å². The van der Waals surface area contributed by atoms with Crippen LogP contribution in [0.15, 0.2) is 24.5 Å². The highest BCUT2D eigenvalue weighted by Gasteiger charge is 2.26. The Morgan fingerprint density at radius 2 is 2.42 bits per heavy atom. The molecular weight excluding hydrogens is 248 g/mol. The van der Waals surface area contributed by atoms with Gasteiger partial charge in [0.15, 0.2) is 0 Å². The Morgan fingerprint density at radius 1 is 1.63 bits per heavy atom. The van der Waals surface area contributed by atoms with Crippen LogP contribution in [0.5, 0.6) is 0 Å². The monoisotopic (exact) mass is 264 g/mol. The molecule has 0 bridgehead atoms. The van der Waals surface area contributed by atoms with Crippen LogP contribution in [0.25, 0.3) is 0 Å². The SMILES string of the molecule is C[C@]1(NC(=O)Cn2cc([N+](=O)[O-])cn2)CC=CCC1. The highest BCUT2D eigenvalue weighted by Crippen LogP contribution is 2.22. The van der Waals surface area contributed by atoms with Gasteiger partial charge in [-0.3, -0.25) is 19.6 Å². The Morgan fingerprint density at radius 3 is 3.00 bits per heavy atom. The molecule has 1 amide bonds. The van der Waals surface area contributed by atoms with Crippen molar-refractivity contribution in [3.05, 3.63) is 34.7 Å². The Balaban J connectivity index is 1.93.